The standard InChI is InChI=1S/C27H27N3O3/c1-19-24(20(2)33-28-19)18-32-23-12-10-21(11-13-23)17-26(31)30-16-15-29-14-6-9-25(29)27(30)22-7-4-3-5-8-22/h3-14,27H,15-18H2,1-2H3. The summed E-state index contributed by atoms with van der Waals surface area (Å²) in [4.78, 5) is 15.4. The first-order valence-electron chi connectivity index (χ1n) is 11.2. The van der Waals surface area contributed by atoms with E-state index in [-0.39, 0.29) is 11.9 Å². The third-order valence-electron chi connectivity index (χ3n) is 6.32. The summed E-state index contributed by atoms with van der Waals surface area (Å²) in [5.41, 5.74) is 5.07. The molecule has 0 radical (unpaired) electrons. The molecule has 5 rings (SSSR count). The van der Waals surface area contributed by atoms with Gasteiger partial charge in [-0.05, 0) is 49.2 Å². The Morgan fingerprint density at radius 1 is 1.03 bits per heavy atom. The molecule has 1 atom stereocenters. The molecule has 6 heteroatoms. The third kappa shape index (κ3) is 4.29. The fraction of sp³-hybridized carbons (Fsp3) is 0.259. The lowest BCUT2D eigenvalue weighted by Crippen LogP contribution is -2.43. The van der Waals surface area contributed by atoms with Crippen molar-refractivity contribution >= 4 is 5.91 Å². The molecule has 0 bridgehead atoms. The Balaban J connectivity index is 1.29. The van der Waals surface area contributed by atoms with E-state index >= 15 is 0 Å². The lowest BCUT2D eigenvalue weighted by molar-refractivity contribution is -0.133. The van der Waals surface area contributed by atoms with Gasteiger partial charge < -0.3 is 18.7 Å². The van der Waals surface area contributed by atoms with E-state index in [2.05, 4.69) is 40.2 Å². The van der Waals surface area contributed by atoms with E-state index in [0.29, 0.717) is 19.6 Å². The van der Waals surface area contributed by atoms with Crippen molar-refractivity contribution in [2.24, 2.45) is 0 Å². The average molecular weight is 442 g/mol. The van der Waals surface area contributed by atoms with Crippen molar-refractivity contribution in [2.45, 2.75) is 39.5 Å². The van der Waals surface area contributed by atoms with E-state index in [1.807, 2.05) is 61.2 Å². The summed E-state index contributed by atoms with van der Waals surface area (Å²) in [6, 6.07) is 22.1. The zero-order valence-corrected chi connectivity index (χ0v) is 18.9. The number of carbonyl (C=O) groups excluding carboxylic acids is 1. The maximum absolute atomic E-state index is 13.4. The molecule has 1 unspecified atom stereocenters. The van der Waals surface area contributed by atoms with Crippen molar-refractivity contribution in [3.8, 4) is 5.75 Å². The van der Waals surface area contributed by atoms with Crippen LogP contribution in [0.15, 0.2) is 77.4 Å². The van der Waals surface area contributed by atoms with Gasteiger partial charge in [0.2, 0.25) is 5.91 Å². The van der Waals surface area contributed by atoms with Crippen LogP contribution in [-0.4, -0.2) is 27.1 Å². The second-order valence-corrected chi connectivity index (χ2v) is 8.44. The van der Waals surface area contributed by atoms with Crippen LogP contribution in [0.2, 0.25) is 0 Å². The molecule has 0 saturated carbocycles. The number of aryl methyl sites for hydroxylation is 2. The molecule has 6 nitrogen and oxygen atoms in total. The summed E-state index contributed by atoms with van der Waals surface area (Å²) in [5, 5.41) is 3.96. The molecule has 33 heavy (non-hydrogen) atoms. The molecule has 1 aliphatic heterocycles. The van der Waals surface area contributed by atoms with Crippen LogP contribution in [0.1, 0.15) is 39.9 Å². The number of ether oxygens (including phenoxy) is 1. The van der Waals surface area contributed by atoms with E-state index in [9.17, 15) is 4.79 Å². The average Bonchev–Trinajstić information content (AvgIpc) is 3.44. The van der Waals surface area contributed by atoms with Crippen molar-refractivity contribution in [3.63, 3.8) is 0 Å². The van der Waals surface area contributed by atoms with Gasteiger partial charge >= 0.3 is 0 Å². The zero-order valence-electron chi connectivity index (χ0n) is 18.9. The minimum absolute atomic E-state index is 0.0693. The van der Waals surface area contributed by atoms with Crippen molar-refractivity contribution in [3.05, 3.63) is 107 Å². The van der Waals surface area contributed by atoms with Crippen LogP contribution in [0.5, 0.6) is 5.75 Å². The Labute approximate surface area is 193 Å². The van der Waals surface area contributed by atoms with E-state index in [1.54, 1.807) is 0 Å². The normalized spacial score (nSPS) is 15.3. The number of amides is 1. The molecule has 0 aliphatic carbocycles. The Hall–Kier alpha value is -3.80. The van der Waals surface area contributed by atoms with Crippen LogP contribution in [0.3, 0.4) is 0 Å². The summed E-state index contributed by atoms with van der Waals surface area (Å²) in [5.74, 6) is 1.65. The minimum atomic E-state index is -0.0693. The van der Waals surface area contributed by atoms with Gasteiger partial charge in [-0.2, -0.15) is 0 Å². The van der Waals surface area contributed by atoms with Crippen LogP contribution < -0.4 is 4.74 Å². The maximum atomic E-state index is 13.4. The number of hydrogen-bond donors (Lipinski definition) is 0. The SMILES string of the molecule is Cc1noc(C)c1COc1ccc(CC(=O)N2CCn3cccc3C2c2ccccc2)cc1. The van der Waals surface area contributed by atoms with Gasteiger partial charge in [0.1, 0.15) is 18.1 Å². The molecule has 1 aliphatic rings. The molecule has 168 valence electrons. The number of carbonyl (C=O) groups is 1. The van der Waals surface area contributed by atoms with E-state index in [4.69, 9.17) is 9.26 Å². The number of aromatic nitrogens is 2. The second kappa shape index (κ2) is 8.98. The zero-order chi connectivity index (χ0) is 22.8. The monoisotopic (exact) mass is 441 g/mol. The molecule has 2 aromatic carbocycles. The van der Waals surface area contributed by atoms with Crippen LogP contribution in [0, 0.1) is 13.8 Å². The molecule has 4 aromatic rings. The summed E-state index contributed by atoms with van der Waals surface area (Å²) < 4.78 is 13.3. The first-order chi connectivity index (χ1) is 16.1. The highest BCUT2D eigenvalue weighted by Crippen LogP contribution is 2.33. The smallest absolute Gasteiger partial charge is 0.227 e. The highest BCUT2D eigenvalue weighted by molar-refractivity contribution is 5.80. The molecular formula is C27H27N3O3. The van der Waals surface area contributed by atoms with Crippen LogP contribution in [-0.2, 0) is 24.4 Å². The van der Waals surface area contributed by atoms with Gasteiger partial charge in [-0.1, -0.05) is 47.6 Å². The van der Waals surface area contributed by atoms with Crippen LogP contribution in [0.25, 0.3) is 0 Å². The molecule has 1 amide bonds. The van der Waals surface area contributed by atoms with Gasteiger partial charge in [0.15, 0.2) is 0 Å². The maximum Gasteiger partial charge on any atom is 0.227 e. The van der Waals surface area contributed by atoms with Gasteiger partial charge in [-0.25, -0.2) is 0 Å². The van der Waals surface area contributed by atoms with Gasteiger partial charge in [0, 0.05) is 25.0 Å². The first kappa shape index (κ1) is 21.1. The Morgan fingerprint density at radius 3 is 2.55 bits per heavy atom. The fourth-order valence-electron chi connectivity index (χ4n) is 4.48. The van der Waals surface area contributed by atoms with E-state index in [1.165, 1.54) is 0 Å². The van der Waals surface area contributed by atoms with E-state index in [0.717, 1.165) is 46.1 Å². The Bertz CT molecular complexity index is 1220. The predicted molar refractivity (Wildman–Crippen MR) is 125 cm³/mol. The molecule has 0 fully saturated rings. The van der Waals surface area contributed by atoms with Gasteiger partial charge in [0.25, 0.3) is 0 Å². The highest BCUT2D eigenvalue weighted by Gasteiger charge is 2.31. The molecule has 0 spiro atoms. The highest BCUT2D eigenvalue weighted by atomic mass is 16.5. The first-order valence-corrected chi connectivity index (χ1v) is 11.2. The van der Waals surface area contributed by atoms with Gasteiger partial charge in [0.05, 0.1) is 23.7 Å². The summed E-state index contributed by atoms with van der Waals surface area (Å²) in [6.07, 6.45) is 2.45. The Morgan fingerprint density at radius 2 is 1.82 bits per heavy atom. The van der Waals surface area contributed by atoms with Crippen molar-refractivity contribution in [2.75, 3.05) is 6.54 Å². The molecule has 0 N–H and O–H groups in total. The van der Waals surface area contributed by atoms with Crippen LogP contribution in [0.4, 0.5) is 0 Å². The summed E-state index contributed by atoms with van der Waals surface area (Å²) >= 11 is 0. The molecule has 2 aromatic heterocycles. The van der Waals surface area contributed by atoms with E-state index < -0.39 is 0 Å². The predicted octanol–water partition coefficient (Wildman–Crippen LogP) is 4.85. The number of hydrogen-bond acceptors (Lipinski definition) is 4. The van der Waals surface area contributed by atoms with Crippen molar-refractivity contribution < 1.29 is 14.1 Å². The molecular weight excluding hydrogens is 414 g/mol. The number of rotatable bonds is 6. The Kier molecular flexibility index (Phi) is 5.73. The summed E-state index contributed by atoms with van der Waals surface area (Å²) in [6.45, 7) is 5.70. The second-order valence-electron chi connectivity index (χ2n) is 8.44. The number of fused-ring (bicyclic) bond motifs is 1. The minimum Gasteiger partial charge on any atom is -0.489 e. The van der Waals surface area contributed by atoms with Crippen LogP contribution >= 0.6 is 0 Å². The van der Waals surface area contributed by atoms with Crippen molar-refractivity contribution in [1.29, 1.82) is 0 Å². The number of nitrogens with zero attached hydrogens (tertiary/aromatic N) is 3. The van der Waals surface area contributed by atoms with Gasteiger partial charge in [-0.15, -0.1) is 0 Å². The lowest BCUT2D eigenvalue weighted by Gasteiger charge is -2.37. The third-order valence-corrected chi connectivity index (χ3v) is 6.32. The largest absolute Gasteiger partial charge is 0.489 e. The number of benzene rings is 2. The molecule has 3 heterocycles. The quantitative estimate of drug-likeness (QED) is 0.429. The lowest BCUT2D eigenvalue weighted by atomic mass is 9.99. The topological polar surface area (TPSA) is 60.5 Å². The van der Waals surface area contributed by atoms with Gasteiger partial charge in [-0.3, -0.25) is 4.79 Å². The molecule has 0 saturated heterocycles. The summed E-state index contributed by atoms with van der Waals surface area (Å²) in [7, 11) is 0. The fourth-order valence-corrected chi connectivity index (χ4v) is 4.48. The van der Waals surface area contributed by atoms with Crippen molar-refractivity contribution in [1.82, 2.24) is 14.6 Å².